The smallest absolute Gasteiger partial charge is 0.337 e. The minimum Gasteiger partial charge on any atom is -0.478 e. The van der Waals surface area contributed by atoms with Crippen LogP contribution in [0.1, 0.15) is 20.7 Å². The maximum atomic E-state index is 11.0. The molecule has 2 aromatic rings. The molecule has 0 radical (unpaired) electrons. The normalized spacial score (nSPS) is 10.2. The van der Waals surface area contributed by atoms with E-state index in [2.05, 4.69) is 0 Å². The van der Waals surface area contributed by atoms with Gasteiger partial charge in [-0.2, -0.15) is 0 Å². The van der Waals surface area contributed by atoms with Gasteiger partial charge in [0.1, 0.15) is 0 Å². The molecule has 0 unspecified atom stereocenters. The summed E-state index contributed by atoms with van der Waals surface area (Å²) < 4.78 is 0. The molecule has 2 rings (SSSR count). The quantitative estimate of drug-likeness (QED) is 0.901. The number of hydrogen-bond donors (Lipinski definition) is 2. The van der Waals surface area contributed by atoms with Crippen molar-refractivity contribution in [2.45, 2.75) is 0 Å². The minimum atomic E-state index is -1.12. The second kappa shape index (κ2) is 5.12. The van der Waals surface area contributed by atoms with Crippen molar-refractivity contribution in [1.29, 1.82) is 0 Å². The van der Waals surface area contributed by atoms with Crippen LogP contribution >= 0.6 is 11.6 Å². The zero-order chi connectivity index (χ0) is 14.0. The molecule has 0 aliphatic carbocycles. The average molecular weight is 277 g/mol. The Hall–Kier alpha value is -2.33. The van der Waals surface area contributed by atoms with E-state index in [9.17, 15) is 9.59 Å². The molecule has 0 atom stereocenters. The molecule has 0 aliphatic heterocycles. The van der Waals surface area contributed by atoms with Gasteiger partial charge >= 0.3 is 11.9 Å². The van der Waals surface area contributed by atoms with E-state index < -0.39 is 11.9 Å². The van der Waals surface area contributed by atoms with Crippen molar-refractivity contribution in [3.8, 4) is 11.1 Å². The lowest BCUT2D eigenvalue weighted by Crippen LogP contribution is -1.98. The summed E-state index contributed by atoms with van der Waals surface area (Å²) >= 11 is 5.79. The molecule has 19 heavy (non-hydrogen) atoms. The maximum Gasteiger partial charge on any atom is 0.337 e. The van der Waals surface area contributed by atoms with Crippen LogP contribution in [0.2, 0.25) is 5.02 Å². The molecule has 4 nitrogen and oxygen atoms in total. The molecule has 2 N–H and O–H groups in total. The van der Waals surface area contributed by atoms with E-state index in [1.807, 2.05) is 0 Å². The Morgan fingerprint density at radius 1 is 0.895 bits per heavy atom. The van der Waals surface area contributed by atoms with Gasteiger partial charge in [-0.1, -0.05) is 29.8 Å². The molecule has 0 fully saturated rings. The zero-order valence-corrected chi connectivity index (χ0v) is 10.4. The third-order valence-corrected chi connectivity index (χ3v) is 2.97. The Morgan fingerprint density at radius 3 is 2.21 bits per heavy atom. The highest BCUT2D eigenvalue weighted by atomic mass is 35.5. The molecule has 0 amide bonds. The number of carboxylic acid groups (broad SMARTS) is 2. The van der Waals surface area contributed by atoms with Crippen molar-refractivity contribution >= 4 is 23.5 Å². The lowest BCUT2D eigenvalue weighted by atomic mass is 10.0. The van der Waals surface area contributed by atoms with Crippen molar-refractivity contribution in [2.75, 3.05) is 0 Å². The lowest BCUT2D eigenvalue weighted by Gasteiger charge is -2.06. The van der Waals surface area contributed by atoms with Crippen molar-refractivity contribution in [3.63, 3.8) is 0 Å². The Bertz CT molecular complexity index is 664. The number of carbonyl (C=O) groups is 2. The monoisotopic (exact) mass is 276 g/mol. The number of halogens is 1. The number of benzene rings is 2. The standard InChI is InChI=1S/C14H9ClO4/c15-12-5-4-9(7-11(12)14(18)19)8-2-1-3-10(6-8)13(16)17/h1-7H,(H,16,17)(H,18,19). The largest absolute Gasteiger partial charge is 0.478 e. The van der Waals surface area contributed by atoms with Gasteiger partial charge in [0, 0.05) is 0 Å². The van der Waals surface area contributed by atoms with E-state index in [1.165, 1.54) is 24.3 Å². The van der Waals surface area contributed by atoms with Crippen LogP contribution in [0, 0.1) is 0 Å². The van der Waals surface area contributed by atoms with Gasteiger partial charge in [-0.05, 0) is 35.4 Å². The van der Waals surface area contributed by atoms with E-state index in [0.717, 1.165) is 0 Å². The first-order chi connectivity index (χ1) is 8.99. The summed E-state index contributed by atoms with van der Waals surface area (Å²) in [5.41, 5.74) is 1.35. The molecule has 0 aromatic heterocycles. The summed E-state index contributed by atoms with van der Waals surface area (Å²) in [7, 11) is 0. The van der Waals surface area contributed by atoms with Crippen molar-refractivity contribution in [1.82, 2.24) is 0 Å². The number of aromatic carboxylic acids is 2. The summed E-state index contributed by atoms with van der Waals surface area (Å²) in [6.45, 7) is 0. The second-order valence-electron chi connectivity index (χ2n) is 3.89. The summed E-state index contributed by atoms with van der Waals surface area (Å²) in [6.07, 6.45) is 0. The fourth-order valence-corrected chi connectivity index (χ4v) is 1.90. The van der Waals surface area contributed by atoms with E-state index in [1.54, 1.807) is 18.2 Å². The summed E-state index contributed by atoms with van der Waals surface area (Å²) in [4.78, 5) is 21.9. The number of hydrogen-bond acceptors (Lipinski definition) is 2. The molecule has 0 bridgehead atoms. The van der Waals surface area contributed by atoms with E-state index in [4.69, 9.17) is 21.8 Å². The van der Waals surface area contributed by atoms with E-state index in [-0.39, 0.29) is 16.1 Å². The van der Waals surface area contributed by atoms with Crippen molar-refractivity contribution in [3.05, 3.63) is 58.6 Å². The van der Waals surface area contributed by atoms with E-state index >= 15 is 0 Å². The fraction of sp³-hybridized carbons (Fsp3) is 0. The van der Waals surface area contributed by atoms with Gasteiger partial charge < -0.3 is 10.2 Å². The second-order valence-corrected chi connectivity index (χ2v) is 4.29. The third kappa shape index (κ3) is 2.74. The third-order valence-electron chi connectivity index (χ3n) is 2.64. The Kier molecular flexibility index (Phi) is 3.53. The topological polar surface area (TPSA) is 74.6 Å². The van der Waals surface area contributed by atoms with Gasteiger partial charge in [-0.3, -0.25) is 0 Å². The first-order valence-electron chi connectivity index (χ1n) is 5.35. The molecule has 0 aliphatic rings. The predicted molar refractivity (Wildman–Crippen MR) is 70.8 cm³/mol. The average Bonchev–Trinajstić information content (AvgIpc) is 2.39. The molecular formula is C14H9ClO4. The number of carboxylic acids is 2. The number of rotatable bonds is 3. The molecule has 2 aromatic carbocycles. The molecule has 0 saturated heterocycles. The van der Waals surface area contributed by atoms with Crippen LogP contribution in [0.3, 0.4) is 0 Å². The van der Waals surface area contributed by atoms with Crippen LogP contribution in [0.5, 0.6) is 0 Å². The van der Waals surface area contributed by atoms with Crippen molar-refractivity contribution in [2.24, 2.45) is 0 Å². The molecule has 96 valence electrons. The Labute approximate surface area is 113 Å². The summed E-state index contributed by atoms with van der Waals surface area (Å²) in [5, 5.41) is 18.1. The molecule has 0 spiro atoms. The molecular weight excluding hydrogens is 268 g/mol. The molecule has 5 heteroatoms. The van der Waals surface area contributed by atoms with Gasteiger partial charge in [-0.15, -0.1) is 0 Å². The highest BCUT2D eigenvalue weighted by Crippen LogP contribution is 2.26. The Morgan fingerprint density at radius 2 is 1.58 bits per heavy atom. The highest BCUT2D eigenvalue weighted by Gasteiger charge is 2.11. The van der Waals surface area contributed by atoms with Crippen LogP contribution in [0.15, 0.2) is 42.5 Å². The van der Waals surface area contributed by atoms with Gasteiger partial charge in [-0.25, -0.2) is 9.59 Å². The SMILES string of the molecule is O=C(O)c1cccc(-c2ccc(Cl)c(C(=O)O)c2)c1. The highest BCUT2D eigenvalue weighted by molar-refractivity contribution is 6.33. The minimum absolute atomic E-state index is 0.0140. The first-order valence-corrected chi connectivity index (χ1v) is 5.73. The first kappa shape index (κ1) is 13.1. The maximum absolute atomic E-state index is 11.0. The van der Waals surface area contributed by atoms with Gasteiger partial charge in [0.15, 0.2) is 0 Å². The van der Waals surface area contributed by atoms with Crippen LogP contribution in [0.25, 0.3) is 11.1 Å². The molecule has 0 saturated carbocycles. The van der Waals surface area contributed by atoms with Crippen LogP contribution < -0.4 is 0 Å². The van der Waals surface area contributed by atoms with Gasteiger partial charge in [0.05, 0.1) is 16.1 Å². The lowest BCUT2D eigenvalue weighted by molar-refractivity contribution is 0.0686. The fourth-order valence-electron chi connectivity index (χ4n) is 1.70. The van der Waals surface area contributed by atoms with Gasteiger partial charge in [0.25, 0.3) is 0 Å². The van der Waals surface area contributed by atoms with Crippen molar-refractivity contribution < 1.29 is 19.8 Å². The summed E-state index contributed by atoms with van der Waals surface area (Å²) in [5.74, 6) is -2.16. The molecule has 0 heterocycles. The van der Waals surface area contributed by atoms with E-state index in [0.29, 0.717) is 11.1 Å². The Balaban J connectivity index is 2.53. The summed E-state index contributed by atoms with van der Waals surface area (Å²) in [6, 6.07) is 10.8. The van der Waals surface area contributed by atoms with Gasteiger partial charge in [0.2, 0.25) is 0 Å². The van der Waals surface area contributed by atoms with Crippen LogP contribution in [-0.4, -0.2) is 22.2 Å². The van der Waals surface area contributed by atoms with Crippen LogP contribution in [0.4, 0.5) is 0 Å². The van der Waals surface area contributed by atoms with Crippen LogP contribution in [-0.2, 0) is 0 Å². The predicted octanol–water partition coefficient (Wildman–Crippen LogP) is 3.40. The zero-order valence-electron chi connectivity index (χ0n) is 9.63.